The monoisotopic (exact) mass is 252 g/mol. The molecule has 5 heteroatoms. The van der Waals surface area contributed by atoms with Crippen molar-refractivity contribution in [1.82, 2.24) is 0 Å². The van der Waals surface area contributed by atoms with Crippen LogP contribution < -0.4 is 0 Å². The van der Waals surface area contributed by atoms with Crippen LogP contribution in [0.1, 0.15) is 16.7 Å². The standard InChI is InChI=1S/C12H12O4S/c1-12(15-7-8-16-12)10-5-3-9(17-10)4-6-11(13)14-2/h3-8H,1-2H3/b6-4+. The van der Waals surface area contributed by atoms with Crippen LogP contribution in [0.5, 0.6) is 0 Å². The Balaban J connectivity index is 2.11. The summed E-state index contributed by atoms with van der Waals surface area (Å²) in [7, 11) is 1.35. The molecule has 1 aromatic heterocycles. The number of hydrogen-bond donors (Lipinski definition) is 0. The van der Waals surface area contributed by atoms with E-state index in [1.807, 2.05) is 19.1 Å². The molecular formula is C12H12O4S. The van der Waals surface area contributed by atoms with Gasteiger partial charge in [-0.3, -0.25) is 0 Å². The van der Waals surface area contributed by atoms with Crippen LogP contribution in [-0.2, 0) is 24.8 Å². The first-order valence-corrected chi connectivity index (χ1v) is 5.83. The van der Waals surface area contributed by atoms with E-state index in [1.54, 1.807) is 6.08 Å². The largest absolute Gasteiger partial charge is 0.466 e. The summed E-state index contributed by atoms with van der Waals surface area (Å²) in [5, 5.41) is 0. The van der Waals surface area contributed by atoms with Gasteiger partial charge in [-0.05, 0) is 18.2 Å². The van der Waals surface area contributed by atoms with Crippen molar-refractivity contribution in [2.75, 3.05) is 7.11 Å². The minimum absolute atomic E-state index is 0.374. The number of carbonyl (C=O) groups is 1. The zero-order valence-electron chi connectivity index (χ0n) is 9.51. The third-order valence-corrected chi connectivity index (χ3v) is 3.54. The first kappa shape index (κ1) is 11.7. The lowest BCUT2D eigenvalue weighted by atomic mass is 10.2. The molecule has 1 aliphatic heterocycles. The topological polar surface area (TPSA) is 44.8 Å². The van der Waals surface area contributed by atoms with Crippen LogP contribution >= 0.6 is 11.3 Å². The summed E-state index contributed by atoms with van der Waals surface area (Å²) in [6, 6.07) is 3.81. The molecule has 0 N–H and O–H groups in total. The van der Waals surface area contributed by atoms with Gasteiger partial charge in [-0.25, -0.2) is 4.79 Å². The maximum Gasteiger partial charge on any atom is 0.330 e. The van der Waals surface area contributed by atoms with Crippen molar-refractivity contribution < 1.29 is 19.0 Å². The Morgan fingerprint density at radius 3 is 2.76 bits per heavy atom. The van der Waals surface area contributed by atoms with Gasteiger partial charge in [0.25, 0.3) is 5.79 Å². The Morgan fingerprint density at radius 1 is 1.41 bits per heavy atom. The molecule has 0 atom stereocenters. The van der Waals surface area contributed by atoms with Gasteiger partial charge in [0.05, 0.1) is 12.0 Å². The van der Waals surface area contributed by atoms with Crippen molar-refractivity contribution in [1.29, 1.82) is 0 Å². The molecule has 0 saturated heterocycles. The van der Waals surface area contributed by atoms with E-state index in [1.165, 1.54) is 37.0 Å². The second-order valence-electron chi connectivity index (χ2n) is 3.51. The van der Waals surface area contributed by atoms with Crippen LogP contribution in [0.2, 0.25) is 0 Å². The normalized spacial score (nSPS) is 16.8. The molecule has 0 saturated carbocycles. The van der Waals surface area contributed by atoms with Crippen LogP contribution in [0.15, 0.2) is 30.7 Å². The molecule has 17 heavy (non-hydrogen) atoms. The molecular weight excluding hydrogens is 240 g/mol. The van der Waals surface area contributed by atoms with Crippen molar-refractivity contribution in [2.24, 2.45) is 0 Å². The zero-order chi connectivity index (χ0) is 12.3. The lowest BCUT2D eigenvalue weighted by Gasteiger charge is -2.20. The second kappa shape index (κ2) is 4.63. The Morgan fingerprint density at radius 2 is 2.12 bits per heavy atom. The van der Waals surface area contributed by atoms with Gasteiger partial charge in [-0.1, -0.05) is 0 Å². The predicted molar refractivity (Wildman–Crippen MR) is 64.0 cm³/mol. The maximum absolute atomic E-state index is 10.9. The molecule has 0 aliphatic carbocycles. The number of thiophene rings is 1. The van der Waals surface area contributed by atoms with E-state index >= 15 is 0 Å². The van der Waals surface area contributed by atoms with Crippen LogP contribution in [0.25, 0.3) is 6.08 Å². The predicted octanol–water partition coefficient (Wildman–Crippen LogP) is 2.63. The van der Waals surface area contributed by atoms with Crippen LogP contribution in [0, 0.1) is 0 Å². The van der Waals surface area contributed by atoms with E-state index in [4.69, 9.17) is 9.47 Å². The lowest BCUT2D eigenvalue weighted by Crippen LogP contribution is -2.20. The number of hydrogen-bond acceptors (Lipinski definition) is 5. The van der Waals surface area contributed by atoms with Gasteiger partial charge in [0.2, 0.25) is 0 Å². The van der Waals surface area contributed by atoms with E-state index in [0.29, 0.717) is 0 Å². The molecule has 1 aromatic rings. The third-order valence-electron chi connectivity index (χ3n) is 2.30. The molecule has 0 unspecified atom stereocenters. The third kappa shape index (κ3) is 2.50. The van der Waals surface area contributed by atoms with Gasteiger partial charge in [0.1, 0.15) is 12.5 Å². The van der Waals surface area contributed by atoms with Crippen molar-refractivity contribution in [3.8, 4) is 0 Å². The lowest BCUT2D eigenvalue weighted by molar-refractivity contribution is -0.134. The first-order valence-electron chi connectivity index (χ1n) is 5.01. The highest BCUT2D eigenvalue weighted by Gasteiger charge is 2.33. The molecule has 0 fully saturated rings. The Hall–Kier alpha value is -1.75. The minimum atomic E-state index is -0.748. The summed E-state index contributed by atoms with van der Waals surface area (Å²) in [4.78, 5) is 12.8. The van der Waals surface area contributed by atoms with Gasteiger partial charge < -0.3 is 14.2 Å². The fourth-order valence-corrected chi connectivity index (χ4v) is 2.31. The summed E-state index contributed by atoms with van der Waals surface area (Å²) in [6.07, 6.45) is 6.12. The average Bonchev–Trinajstić information content (AvgIpc) is 2.95. The van der Waals surface area contributed by atoms with Gasteiger partial charge in [-0.2, -0.15) is 0 Å². The number of carbonyl (C=O) groups excluding carboxylic acids is 1. The smallest absolute Gasteiger partial charge is 0.330 e. The Bertz CT molecular complexity index is 465. The molecule has 1 aliphatic rings. The van der Waals surface area contributed by atoms with Crippen molar-refractivity contribution in [3.05, 3.63) is 40.5 Å². The van der Waals surface area contributed by atoms with Gasteiger partial charge in [0, 0.05) is 17.9 Å². The molecule has 4 nitrogen and oxygen atoms in total. The Kier molecular flexibility index (Phi) is 3.19. The van der Waals surface area contributed by atoms with Crippen LogP contribution in [0.4, 0.5) is 0 Å². The molecule has 0 bridgehead atoms. The van der Waals surface area contributed by atoms with Crippen LogP contribution in [-0.4, -0.2) is 13.1 Å². The highest BCUT2D eigenvalue weighted by molar-refractivity contribution is 7.13. The highest BCUT2D eigenvalue weighted by Crippen LogP contribution is 2.36. The molecule has 2 rings (SSSR count). The fourth-order valence-electron chi connectivity index (χ4n) is 1.36. The molecule has 0 radical (unpaired) electrons. The summed E-state index contributed by atoms with van der Waals surface area (Å²) in [5.41, 5.74) is 0. The van der Waals surface area contributed by atoms with E-state index in [2.05, 4.69) is 4.74 Å². The van der Waals surface area contributed by atoms with Crippen LogP contribution in [0.3, 0.4) is 0 Å². The van der Waals surface area contributed by atoms with Crippen molar-refractivity contribution in [2.45, 2.75) is 12.7 Å². The second-order valence-corrected chi connectivity index (χ2v) is 4.63. The SMILES string of the molecule is COC(=O)/C=C/c1ccc(C2(C)OC=CO2)s1. The summed E-state index contributed by atoms with van der Waals surface area (Å²) in [5.74, 6) is -1.12. The number of methoxy groups -OCH3 is 1. The minimum Gasteiger partial charge on any atom is -0.466 e. The van der Waals surface area contributed by atoms with E-state index < -0.39 is 5.79 Å². The maximum atomic E-state index is 10.9. The molecule has 2 heterocycles. The summed E-state index contributed by atoms with van der Waals surface area (Å²) < 4.78 is 15.3. The molecule has 0 amide bonds. The average molecular weight is 252 g/mol. The molecule has 0 spiro atoms. The first-order chi connectivity index (χ1) is 8.14. The van der Waals surface area contributed by atoms with Gasteiger partial charge in [-0.15, -0.1) is 11.3 Å². The fraction of sp³-hybridized carbons (Fsp3) is 0.250. The molecule has 90 valence electrons. The summed E-state index contributed by atoms with van der Waals surface area (Å²) in [6.45, 7) is 1.84. The van der Waals surface area contributed by atoms with E-state index in [-0.39, 0.29) is 5.97 Å². The Labute approximate surface area is 103 Å². The van der Waals surface area contributed by atoms with Gasteiger partial charge >= 0.3 is 5.97 Å². The number of rotatable bonds is 3. The number of ether oxygens (including phenoxy) is 3. The highest BCUT2D eigenvalue weighted by atomic mass is 32.1. The van der Waals surface area contributed by atoms with E-state index in [0.717, 1.165) is 9.75 Å². The van der Waals surface area contributed by atoms with E-state index in [9.17, 15) is 4.79 Å². The zero-order valence-corrected chi connectivity index (χ0v) is 10.3. The van der Waals surface area contributed by atoms with Crippen molar-refractivity contribution in [3.63, 3.8) is 0 Å². The molecule has 0 aromatic carbocycles. The summed E-state index contributed by atoms with van der Waals surface area (Å²) >= 11 is 1.50. The van der Waals surface area contributed by atoms with Gasteiger partial charge in [0.15, 0.2) is 0 Å². The quantitative estimate of drug-likeness (QED) is 0.612. The van der Waals surface area contributed by atoms with Crippen molar-refractivity contribution >= 4 is 23.4 Å². The number of esters is 1.